The molecule has 0 saturated carbocycles. The summed E-state index contributed by atoms with van der Waals surface area (Å²) in [5.74, 6) is 0.206. The van der Waals surface area contributed by atoms with Crippen LogP contribution in [0.5, 0.6) is 0 Å². The van der Waals surface area contributed by atoms with Gasteiger partial charge in [0.1, 0.15) is 5.76 Å². The maximum absolute atomic E-state index is 13.0. The number of rotatable bonds is 6. The van der Waals surface area contributed by atoms with Gasteiger partial charge in [-0.2, -0.15) is 5.23 Å². The van der Waals surface area contributed by atoms with E-state index in [-0.39, 0.29) is 17.4 Å². The Morgan fingerprint density at radius 2 is 1.85 bits per heavy atom. The number of benzene rings is 2. The highest BCUT2D eigenvalue weighted by Crippen LogP contribution is 2.30. The van der Waals surface area contributed by atoms with Crippen molar-refractivity contribution in [2.45, 2.75) is 19.4 Å². The van der Waals surface area contributed by atoms with Gasteiger partial charge in [0, 0.05) is 43.6 Å². The fraction of sp³-hybridized carbons (Fsp3) is 0.320. The van der Waals surface area contributed by atoms with Crippen LogP contribution in [0.15, 0.2) is 59.0 Å². The van der Waals surface area contributed by atoms with Crippen LogP contribution in [0.1, 0.15) is 22.5 Å². The fourth-order valence-corrected chi connectivity index (χ4v) is 4.21. The molecule has 1 fully saturated rings. The largest absolute Gasteiger partial charge is 0.595 e. The lowest BCUT2D eigenvalue weighted by atomic mass is 10.1. The van der Waals surface area contributed by atoms with Gasteiger partial charge in [0.2, 0.25) is 0 Å². The zero-order valence-electron chi connectivity index (χ0n) is 19.4. The Bertz CT molecular complexity index is 1120. The first kappa shape index (κ1) is 23.0. The van der Waals surface area contributed by atoms with Crippen LogP contribution in [-0.2, 0) is 0 Å². The third-order valence-corrected chi connectivity index (χ3v) is 6.29. The van der Waals surface area contributed by atoms with Gasteiger partial charge in [-0.1, -0.05) is 6.07 Å². The molecule has 1 amide bonds. The van der Waals surface area contributed by atoms with Crippen LogP contribution in [0.4, 0.5) is 17.1 Å². The van der Waals surface area contributed by atoms with E-state index >= 15 is 0 Å². The van der Waals surface area contributed by atoms with Gasteiger partial charge in [0.05, 0.1) is 5.56 Å². The van der Waals surface area contributed by atoms with Crippen LogP contribution in [0.3, 0.4) is 0 Å². The molecule has 0 aliphatic carbocycles. The van der Waals surface area contributed by atoms with E-state index in [0.717, 1.165) is 36.4 Å². The summed E-state index contributed by atoms with van der Waals surface area (Å²) in [5.41, 5.74) is 3.33. The second kappa shape index (κ2) is 9.36. The topological polar surface area (TPSA) is 87.7 Å². The number of furan rings is 1. The first-order chi connectivity index (χ1) is 15.7. The summed E-state index contributed by atoms with van der Waals surface area (Å²) in [7, 11) is 5.92. The van der Waals surface area contributed by atoms with Crippen molar-refractivity contribution in [3.8, 4) is 11.3 Å². The average Bonchev–Trinajstić information content (AvgIpc) is 3.48. The number of hydrogen-bond acceptors (Lipinski definition) is 6. The Balaban J connectivity index is 1.49. The van der Waals surface area contributed by atoms with Crippen molar-refractivity contribution < 1.29 is 19.6 Å². The highest BCUT2D eigenvalue weighted by atomic mass is 16.8. The number of likely N-dealkylation sites (N-methyl/N-ethyl adjacent to an activating group) is 1. The second-order valence-electron chi connectivity index (χ2n) is 8.75. The summed E-state index contributed by atoms with van der Waals surface area (Å²) in [6.07, 6.45) is 1.14. The maximum atomic E-state index is 13.0. The molecule has 2 aromatic carbocycles. The Morgan fingerprint density at radius 3 is 2.48 bits per heavy atom. The lowest BCUT2D eigenvalue weighted by Gasteiger charge is -2.23. The highest BCUT2D eigenvalue weighted by molar-refractivity contribution is 6.04. The number of aryl methyl sites for hydroxylation is 1. The monoisotopic (exact) mass is 450 g/mol. The van der Waals surface area contributed by atoms with Crippen molar-refractivity contribution in [3.05, 3.63) is 71.1 Å². The van der Waals surface area contributed by atoms with E-state index in [1.54, 1.807) is 31.3 Å². The van der Waals surface area contributed by atoms with E-state index in [0.29, 0.717) is 17.4 Å². The Morgan fingerprint density at radius 1 is 1.12 bits per heavy atom. The van der Waals surface area contributed by atoms with E-state index in [1.807, 2.05) is 37.3 Å². The molecular formula is C25H30N4O4. The van der Waals surface area contributed by atoms with E-state index in [1.165, 1.54) is 4.90 Å². The molecule has 0 radical (unpaired) electrons. The van der Waals surface area contributed by atoms with Crippen LogP contribution in [0.2, 0.25) is 0 Å². The molecule has 1 saturated heterocycles. The zero-order chi connectivity index (χ0) is 23.7. The van der Waals surface area contributed by atoms with Crippen LogP contribution in [0, 0.1) is 12.1 Å². The van der Waals surface area contributed by atoms with Gasteiger partial charge >= 0.3 is 0 Å². The lowest BCUT2D eigenvalue weighted by Crippen LogP contribution is -2.99. The number of nitrogens with zero attached hydrogens (tertiary/aromatic N) is 3. The SMILES string of the molecule is Cc1ccc(-c2ccc(C(=O)N(C)c3ccc(N4CCC(N(C)C)C4)cc3)o2)c([NH+]([O-])O)c1. The first-order valence-corrected chi connectivity index (χ1v) is 11.0. The number of carbonyl (C=O) groups excluding carboxylic acids is 1. The van der Waals surface area contributed by atoms with Crippen LogP contribution < -0.4 is 15.0 Å². The highest BCUT2D eigenvalue weighted by Gasteiger charge is 2.25. The van der Waals surface area contributed by atoms with Crippen LogP contribution in [0.25, 0.3) is 11.3 Å². The molecule has 3 aromatic rings. The van der Waals surface area contributed by atoms with Gasteiger partial charge in [0.25, 0.3) is 5.91 Å². The third-order valence-electron chi connectivity index (χ3n) is 6.29. The van der Waals surface area contributed by atoms with Crippen molar-refractivity contribution in [1.82, 2.24) is 4.90 Å². The van der Waals surface area contributed by atoms with E-state index < -0.39 is 5.23 Å². The zero-order valence-corrected chi connectivity index (χ0v) is 19.4. The fourth-order valence-electron chi connectivity index (χ4n) is 4.21. The smallest absolute Gasteiger partial charge is 0.293 e. The predicted octanol–water partition coefficient (Wildman–Crippen LogP) is 3.08. The van der Waals surface area contributed by atoms with E-state index in [9.17, 15) is 15.2 Å². The molecule has 1 aliphatic rings. The molecule has 8 nitrogen and oxygen atoms in total. The molecule has 2 unspecified atom stereocenters. The minimum absolute atomic E-state index is 0.144. The minimum Gasteiger partial charge on any atom is -0.595 e. The number of anilines is 2. The van der Waals surface area contributed by atoms with Crippen molar-refractivity contribution in [2.75, 3.05) is 44.0 Å². The summed E-state index contributed by atoms with van der Waals surface area (Å²) >= 11 is 0. The molecule has 1 aromatic heterocycles. The summed E-state index contributed by atoms with van der Waals surface area (Å²) < 4.78 is 5.78. The third kappa shape index (κ3) is 4.79. The number of carbonyl (C=O) groups is 1. The Labute approximate surface area is 193 Å². The molecule has 1 aliphatic heterocycles. The summed E-state index contributed by atoms with van der Waals surface area (Å²) in [5, 5.41) is 20.1. The van der Waals surface area contributed by atoms with Crippen LogP contribution >= 0.6 is 0 Å². The van der Waals surface area contributed by atoms with Crippen molar-refractivity contribution >= 4 is 23.0 Å². The molecule has 174 valence electrons. The summed E-state index contributed by atoms with van der Waals surface area (Å²) in [6.45, 7) is 3.84. The number of quaternary nitrogens is 1. The molecule has 4 rings (SSSR count). The number of nitrogens with one attached hydrogen (secondary N) is 1. The molecular weight excluding hydrogens is 420 g/mol. The van der Waals surface area contributed by atoms with Gasteiger partial charge in [0.15, 0.2) is 11.4 Å². The van der Waals surface area contributed by atoms with Crippen molar-refractivity contribution in [3.63, 3.8) is 0 Å². The lowest BCUT2D eigenvalue weighted by molar-refractivity contribution is -0.991. The molecule has 2 heterocycles. The molecule has 2 N–H and O–H groups in total. The molecule has 33 heavy (non-hydrogen) atoms. The predicted molar refractivity (Wildman–Crippen MR) is 128 cm³/mol. The summed E-state index contributed by atoms with van der Waals surface area (Å²) in [6, 6.07) is 16.8. The number of amides is 1. The maximum Gasteiger partial charge on any atom is 0.293 e. The van der Waals surface area contributed by atoms with E-state index in [2.05, 4.69) is 23.9 Å². The van der Waals surface area contributed by atoms with Crippen molar-refractivity contribution in [2.24, 2.45) is 0 Å². The van der Waals surface area contributed by atoms with E-state index in [4.69, 9.17) is 4.42 Å². The Hall–Kier alpha value is -3.17. The van der Waals surface area contributed by atoms with Gasteiger partial charge in [-0.15, -0.1) is 0 Å². The molecule has 0 bridgehead atoms. The quantitative estimate of drug-likeness (QED) is 0.562. The second-order valence-corrected chi connectivity index (χ2v) is 8.75. The molecule has 0 spiro atoms. The van der Waals surface area contributed by atoms with Gasteiger partial charge in [-0.25, -0.2) is 5.21 Å². The standard InChI is InChI=1S/C25H30N4O4/c1-17-5-10-21(22(15-17)29(31)32)23-11-12-24(33-23)25(30)27(4)18-6-8-19(9-7-18)28-14-13-20(16-28)26(2)3/h5-12,15,20,29,31H,13-14,16H2,1-4H3. The summed E-state index contributed by atoms with van der Waals surface area (Å²) in [4.78, 5) is 19.2. The minimum atomic E-state index is -1.04. The van der Waals surface area contributed by atoms with Gasteiger partial charge in [-0.3, -0.25) is 4.79 Å². The normalized spacial score (nSPS) is 16.9. The van der Waals surface area contributed by atoms with Crippen LogP contribution in [-0.4, -0.2) is 56.3 Å². The average molecular weight is 451 g/mol. The Kier molecular flexibility index (Phi) is 6.53. The first-order valence-electron chi connectivity index (χ1n) is 11.0. The number of hydrogen-bond donors (Lipinski definition) is 2. The molecule has 8 heteroatoms. The molecule has 2 atom stereocenters. The van der Waals surface area contributed by atoms with Crippen molar-refractivity contribution in [1.29, 1.82) is 0 Å². The van der Waals surface area contributed by atoms with Gasteiger partial charge in [-0.05, 0) is 75.5 Å². The van der Waals surface area contributed by atoms with Gasteiger partial charge < -0.3 is 24.3 Å².